The normalized spacial score (nSPS) is 14.6. The van der Waals surface area contributed by atoms with Crippen LogP contribution in [0.2, 0.25) is 5.02 Å². The molecule has 0 bridgehead atoms. The Hall–Kier alpha value is -1.88. The number of anilines is 3. The average Bonchev–Trinajstić information content (AvgIpc) is 2.96. The van der Waals surface area contributed by atoms with Gasteiger partial charge in [0.2, 0.25) is 5.95 Å². The second-order valence-corrected chi connectivity index (χ2v) is 5.36. The summed E-state index contributed by atoms with van der Waals surface area (Å²) in [5, 5.41) is 12.1. The van der Waals surface area contributed by atoms with E-state index in [-0.39, 0.29) is 0 Å². The fourth-order valence-corrected chi connectivity index (χ4v) is 2.54. The van der Waals surface area contributed by atoms with Gasteiger partial charge in [0.05, 0.1) is 6.20 Å². The number of rotatable bonds is 3. The Balaban J connectivity index is 1.81. The van der Waals surface area contributed by atoms with Crippen LogP contribution >= 0.6 is 11.6 Å². The van der Waals surface area contributed by atoms with Gasteiger partial charge in [-0.2, -0.15) is 10.1 Å². The number of halogens is 1. The van der Waals surface area contributed by atoms with E-state index >= 15 is 0 Å². The third kappa shape index (κ3) is 2.82. The third-order valence-corrected chi connectivity index (χ3v) is 3.62. The van der Waals surface area contributed by atoms with Crippen LogP contribution in [-0.4, -0.2) is 28.3 Å². The van der Waals surface area contributed by atoms with Gasteiger partial charge in [0.1, 0.15) is 0 Å². The molecule has 0 atom stereocenters. The van der Waals surface area contributed by atoms with Crippen LogP contribution in [0.5, 0.6) is 0 Å². The number of aryl methyl sites for hydroxylation is 1. The van der Waals surface area contributed by atoms with Crippen LogP contribution < -0.4 is 10.2 Å². The Morgan fingerprint density at radius 3 is 2.80 bits per heavy atom. The summed E-state index contributed by atoms with van der Waals surface area (Å²) in [6, 6.07) is 5.71. The molecule has 1 aromatic carbocycles. The molecule has 5 nitrogen and oxygen atoms in total. The zero-order valence-corrected chi connectivity index (χ0v) is 12.1. The number of aromatic nitrogens is 3. The molecule has 20 heavy (non-hydrogen) atoms. The molecule has 1 aliphatic rings. The van der Waals surface area contributed by atoms with E-state index in [1.54, 1.807) is 6.20 Å². The molecule has 104 valence electrons. The highest BCUT2D eigenvalue weighted by atomic mass is 35.5. The maximum absolute atomic E-state index is 5.96. The monoisotopic (exact) mass is 289 g/mol. The van der Waals surface area contributed by atoms with Crippen molar-refractivity contribution in [3.8, 4) is 0 Å². The minimum absolute atomic E-state index is 0.694. The van der Waals surface area contributed by atoms with E-state index in [4.69, 9.17) is 11.6 Å². The SMILES string of the molecule is Cc1cc(Cl)ccc1Nc1cnnc(N2CCCC2)n1. The van der Waals surface area contributed by atoms with Crippen molar-refractivity contribution in [2.75, 3.05) is 23.3 Å². The van der Waals surface area contributed by atoms with Crippen LogP contribution in [0, 0.1) is 6.92 Å². The summed E-state index contributed by atoms with van der Waals surface area (Å²) in [6.45, 7) is 4.01. The Kier molecular flexibility index (Phi) is 3.69. The molecular weight excluding hydrogens is 274 g/mol. The maximum Gasteiger partial charge on any atom is 0.247 e. The lowest BCUT2D eigenvalue weighted by atomic mass is 10.2. The third-order valence-electron chi connectivity index (χ3n) is 3.39. The lowest BCUT2D eigenvalue weighted by Gasteiger charge is -2.15. The molecular formula is C14H16ClN5. The van der Waals surface area contributed by atoms with Gasteiger partial charge >= 0.3 is 0 Å². The van der Waals surface area contributed by atoms with E-state index in [0.29, 0.717) is 11.8 Å². The van der Waals surface area contributed by atoms with Crippen molar-refractivity contribution in [2.24, 2.45) is 0 Å². The summed E-state index contributed by atoms with van der Waals surface area (Å²) in [6.07, 6.45) is 4.02. The van der Waals surface area contributed by atoms with Gasteiger partial charge in [-0.1, -0.05) is 11.6 Å². The van der Waals surface area contributed by atoms with Crippen LogP contribution in [0.1, 0.15) is 18.4 Å². The smallest absolute Gasteiger partial charge is 0.247 e. The molecule has 0 aliphatic carbocycles. The summed E-state index contributed by atoms with van der Waals surface area (Å²) < 4.78 is 0. The first-order chi connectivity index (χ1) is 9.72. The van der Waals surface area contributed by atoms with Crippen molar-refractivity contribution < 1.29 is 0 Å². The van der Waals surface area contributed by atoms with Gasteiger partial charge in [0.15, 0.2) is 5.82 Å². The summed E-state index contributed by atoms with van der Waals surface area (Å²) in [5.41, 5.74) is 2.04. The molecule has 0 amide bonds. The van der Waals surface area contributed by atoms with E-state index in [2.05, 4.69) is 25.4 Å². The number of hydrogen-bond donors (Lipinski definition) is 1. The topological polar surface area (TPSA) is 53.9 Å². The molecule has 0 spiro atoms. The van der Waals surface area contributed by atoms with E-state index in [9.17, 15) is 0 Å². The summed E-state index contributed by atoms with van der Waals surface area (Å²) in [4.78, 5) is 6.68. The van der Waals surface area contributed by atoms with Gasteiger partial charge in [0, 0.05) is 23.8 Å². The first-order valence-electron chi connectivity index (χ1n) is 6.70. The van der Waals surface area contributed by atoms with E-state index in [1.165, 1.54) is 12.8 Å². The standard InChI is InChI=1S/C14H16ClN5/c1-10-8-11(15)4-5-12(10)17-13-9-16-19-14(18-13)20-6-2-3-7-20/h4-5,8-9H,2-3,6-7H2,1H3,(H,17,18,19). The van der Waals surface area contributed by atoms with Gasteiger partial charge in [0.25, 0.3) is 0 Å². The molecule has 1 aliphatic heterocycles. The van der Waals surface area contributed by atoms with Crippen molar-refractivity contribution >= 4 is 29.1 Å². The lowest BCUT2D eigenvalue weighted by Crippen LogP contribution is -2.21. The predicted molar refractivity (Wildman–Crippen MR) is 80.7 cm³/mol. The molecule has 6 heteroatoms. The van der Waals surface area contributed by atoms with Crippen LogP contribution in [0.4, 0.5) is 17.5 Å². The van der Waals surface area contributed by atoms with Crippen molar-refractivity contribution in [1.29, 1.82) is 0 Å². The zero-order chi connectivity index (χ0) is 13.9. The zero-order valence-electron chi connectivity index (χ0n) is 11.3. The average molecular weight is 290 g/mol. The summed E-state index contributed by atoms with van der Waals surface area (Å²) in [7, 11) is 0. The quantitative estimate of drug-likeness (QED) is 0.940. The van der Waals surface area contributed by atoms with Crippen molar-refractivity contribution in [3.63, 3.8) is 0 Å². The fourth-order valence-electron chi connectivity index (χ4n) is 2.31. The van der Waals surface area contributed by atoms with E-state index < -0.39 is 0 Å². The van der Waals surface area contributed by atoms with E-state index in [1.807, 2.05) is 25.1 Å². The minimum Gasteiger partial charge on any atom is -0.339 e. The largest absolute Gasteiger partial charge is 0.339 e. The number of nitrogens with zero attached hydrogens (tertiary/aromatic N) is 4. The van der Waals surface area contributed by atoms with Gasteiger partial charge in [-0.15, -0.1) is 5.10 Å². The van der Waals surface area contributed by atoms with Gasteiger partial charge in [-0.3, -0.25) is 0 Å². The highest BCUT2D eigenvalue weighted by molar-refractivity contribution is 6.30. The van der Waals surface area contributed by atoms with Crippen LogP contribution in [0.3, 0.4) is 0 Å². The lowest BCUT2D eigenvalue weighted by molar-refractivity contribution is 0.852. The highest BCUT2D eigenvalue weighted by Gasteiger charge is 2.15. The van der Waals surface area contributed by atoms with Crippen LogP contribution in [0.25, 0.3) is 0 Å². The molecule has 0 unspecified atom stereocenters. The second-order valence-electron chi connectivity index (χ2n) is 4.92. The van der Waals surface area contributed by atoms with Gasteiger partial charge < -0.3 is 10.2 Å². The number of hydrogen-bond acceptors (Lipinski definition) is 5. The Bertz CT molecular complexity index is 610. The predicted octanol–water partition coefficient (Wildman–Crippen LogP) is 3.18. The first kappa shape index (κ1) is 13.1. The summed E-state index contributed by atoms with van der Waals surface area (Å²) >= 11 is 5.96. The molecule has 1 aromatic heterocycles. The maximum atomic E-state index is 5.96. The molecule has 2 aromatic rings. The fraction of sp³-hybridized carbons (Fsp3) is 0.357. The molecule has 0 saturated carbocycles. The Morgan fingerprint density at radius 2 is 2.05 bits per heavy atom. The molecule has 1 fully saturated rings. The highest BCUT2D eigenvalue weighted by Crippen LogP contribution is 2.23. The number of nitrogens with one attached hydrogen (secondary N) is 1. The van der Waals surface area contributed by atoms with Crippen LogP contribution in [0.15, 0.2) is 24.4 Å². The van der Waals surface area contributed by atoms with E-state index in [0.717, 1.165) is 29.4 Å². The van der Waals surface area contributed by atoms with Crippen molar-refractivity contribution in [3.05, 3.63) is 35.0 Å². The van der Waals surface area contributed by atoms with Crippen molar-refractivity contribution in [2.45, 2.75) is 19.8 Å². The van der Waals surface area contributed by atoms with Crippen LogP contribution in [-0.2, 0) is 0 Å². The second kappa shape index (κ2) is 5.63. The molecule has 0 radical (unpaired) electrons. The molecule has 3 rings (SSSR count). The molecule has 2 heterocycles. The van der Waals surface area contributed by atoms with Gasteiger partial charge in [-0.25, -0.2) is 0 Å². The first-order valence-corrected chi connectivity index (χ1v) is 7.08. The Morgan fingerprint density at radius 1 is 1.25 bits per heavy atom. The number of benzene rings is 1. The van der Waals surface area contributed by atoms with Gasteiger partial charge in [-0.05, 0) is 43.5 Å². The summed E-state index contributed by atoms with van der Waals surface area (Å²) in [5.74, 6) is 1.39. The molecule has 1 N–H and O–H groups in total. The Labute approximate surface area is 123 Å². The van der Waals surface area contributed by atoms with Crippen molar-refractivity contribution in [1.82, 2.24) is 15.2 Å². The molecule has 1 saturated heterocycles. The minimum atomic E-state index is 0.694.